The van der Waals surface area contributed by atoms with Gasteiger partial charge >= 0.3 is 122 Å². The van der Waals surface area contributed by atoms with E-state index in [1.807, 2.05) is 0 Å². The van der Waals surface area contributed by atoms with Crippen LogP contribution >= 0.6 is 0 Å². The van der Waals surface area contributed by atoms with Gasteiger partial charge in [-0.2, -0.15) is 0 Å². The molecule has 0 aliphatic carbocycles. The van der Waals surface area contributed by atoms with Gasteiger partial charge in [0.05, 0.1) is 0 Å². The molecule has 0 rings (SSSR count). The van der Waals surface area contributed by atoms with E-state index in [2.05, 4.69) is 6.20 Å². The molecule has 0 bridgehead atoms. The third-order valence-electron chi connectivity index (χ3n) is 1.73. The van der Waals surface area contributed by atoms with Crippen LogP contribution in [0.25, 0.3) is 0 Å². The summed E-state index contributed by atoms with van der Waals surface area (Å²) in [6.45, 7) is 0. The van der Waals surface area contributed by atoms with Gasteiger partial charge < -0.3 is 0 Å². The summed E-state index contributed by atoms with van der Waals surface area (Å²) in [7, 11) is 0. The Hall–Kier alpha value is -1.04. The predicted octanol–water partition coefficient (Wildman–Crippen LogP) is 3.01. The van der Waals surface area contributed by atoms with Crippen LogP contribution in [-0.4, -0.2) is 53.4 Å². The average molecular weight is 488 g/mol. The monoisotopic (exact) mass is 490 g/mol. The van der Waals surface area contributed by atoms with Crippen molar-refractivity contribution in [2.75, 3.05) is 0 Å². The van der Waals surface area contributed by atoms with E-state index >= 15 is 0 Å². The van der Waals surface area contributed by atoms with Crippen molar-refractivity contribution in [1.82, 2.24) is 0 Å². The summed E-state index contributed by atoms with van der Waals surface area (Å²) >= 11 is -7.72. The molecule has 0 atom stereocenters. The Morgan fingerprint density at radius 3 is 1.13 bits per heavy atom. The first-order valence-corrected chi connectivity index (χ1v) is 9.99. The summed E-state index contributed by atoms with van der Waals surface area (Å²) in [5.74, 6) is -7.31. The number of halogens is 11. The molecule has 0 saturated carbocycles. The number of hydrogen-bond donors (Lipinski definition) is 0. The van der Waals surface area contributed by atoms with Crippen LogP contribution in [0.4, 0.5) is 48.3 Å². The topological polar surface area (TPSA) is 52.6 Å². The van der Waals surface area contributed by atoms with Crippen molar-refractivity contribution in [3.8, 4) is 0 Å². The van der Waals surface area contributed by atoms with Crippen LogP contribution in [0.3, 0.4) is 0 Å². The normalized spacial score (nSPS) is 15.1. The minimum atomic E-state index is -7.72. The molecule has 0 aliphatic heterocycles. The van der Waals surface area contributed by atoms with Crippen LogP contribution in [0.1, 0.15) is 0 Å². The molecule has 0 amide bonds. The number of rotatable bonds is 3. The molecule has 0 aromatic rings. The molecule has 0 N–H and O–H groups in total. The molecular formula is C7H3F11O4Te. The summed E-state index contributed by atoms with van der Waals surface area (Å²) in [6, 6.07) is 0. The van der Waals surface area contributed by atoms with Gasteiger partial charge in [-0.15, -0.1) is 0 Å². The Bertz CT molecular complexity index is 448. The molecule has 0 heterocycles. The van der Waals surface area contributed by atoms with Crippen molar-refractivity contribution in [3.63, 3.8) is 0 Å². The SMILES string of the molecule is C[Te](OC(=O)C(F)(F)F)(OC(=O)C(F)(F)F)C(F)(F)C(F)(F)F. The van der Waals surface area contributed by atoms with Crippen LogP contribution < -0.4 is 0 Å². The third-order valence-corrected chi connectivity index (χ3v) is 7.73. The van der Waals surface area contributed by atoms with Crippen molar-refractivity contribution in [2.24, 2.45) is 0 Å². The fourth-order valence-electron chi connectivity index (χ4n) is 0.715. The molecule has 16 heteroatoms. The van der Waals surface area contributed by atoms with Crippen molar-refractivity contribution < 1.29 is 64.1 Å². The van der Waals surface area contributed by atoms with Crippen LogP contribution in [0, 0.1) is 0 Å². The first-order chi connectivity index (χ1) is 9.76. The standard InChI is InChI=1S/C7H3F11O4Te/c1-23(7(17,18)6(14,15)16,21-2(19)4(8,9)10)22-3(20)5(11,12)13/h1H3. The number of alkyl halides is 11. The van der Waals surface area contributed by atoms with Gasteiger partial charge in [0.1, 0.15) is 0 Å². The molecule has 0 radical (unpaired) electrons. The molecule has 0 aromatic carbocycles. The maximum atomic E-state index is 13.1. The Morgan fingerprint density at radius 2 is 0.957 bits per heavy atom. The molecule has 0 aliphatic rings. The van der Waals surface area contributed by atoms with Gasteiger partial charge in [0, 0.05) is 0 Å². The van der Waals surface area contributed by atoms with Gasteiger partial charge in [0.15, 0.2) is 0 Å². The maximum absolute atomic E-state index is 13.1. The Labute approximate surface area is 123 Å². The van der Waals surface area contributed by atoms with Crippen LogP contribution in [-0.2, 0) is 15.8 Å². The minimum absolute atomic E-state index is 0.594. The Balaban J connectivity index is 5.91. The van der Waals surface area contributed by atoms with E-state index in [1.54, 1.807) is 0 Å². The van der Waals surface area contributed by atoms with Gasteiger partial charge in [0.25, 0.3) is 0 Å². The molecule has 138 valence electrons. The molecule has 0 aromatic heterocycles. The van der Waals surface area contributed by atoms with Crippen molar-refractivity contribution in [2.45, 2.75) is 27.5 Å². The zero-order valence-corrected chi connectivity index (χ0v) is 12.5. The molecule has 4 nitrogen and oxygen atoms in total. The fraction of sp³-hybridized carbons (Fsp3) is 0.714. The van der Waals surface area contributed by atoms with Gasteiger partial charge in [-0.3, -0.25) is 0 Å². The second kappa shape index (κ2) is 6.11. The quantitative estimate of drug-likeness (QED) is 0.454. The van der Waals surface area contributed by atoms with Crippen LogP contribution in [0.5, 0.6) is 0 Å². The van der Waals surface area contributed by atoms with Crippen molar-refractivity contribution >= 4 is 30.9 Å². The van der Waals surface area contributed by atoms with E-state index in [0.29, 0.717) is 0 Å². The van der Waals surface area contributed by atoms with E-state index in [1.165, 1.54) is 0 Å². The van der Waals surface area contributed by atoms with E-state index in [9.17, 15) is 57.9 Å². The van der Waals surface area contributed by atoms with E-state index in [0.717, 1.165) is 0 Å². The molecular weight excluding hydrogens is 485 g/mol. The predicted molar refractivity (Wildman–Crippen MR) is 46.9 cm³/mol. The molecule has 0 saturated heterocycles. The second-order valence-electron chi connectivity index (χ2n) is 3.52. The van der Waals surface area contributed by atoms with Gasteiger partial charge in [-0.25, -0.2) is 0 Å². The fourth-order valence-corrected chi connectivity index (χ4v) is 4.80. The average Bonchev–Trinajstić information content (AvgIpc) is 2.23. The number of carbonyl (C=O) groups is 2. The van der Waals surface area contributed by atoms with Gasteiger partial charge in [-0.05, 0) is 0 Å². The summed E-state index contributed by atoms with van der Waals surface area (Å²) in [4.78, 5) is 20.2. The molecule has 23 heavy (non-hydrogen) atoms. The molecule has 0 unspecified atom stereocenters. The summed E-state index contributed by atoms with van der Waals surface area (Å²) < 4.78 is 134. The third kappa shape index (κ3) is 4.96. The Kier molecular flexibility index (Phi) is 5.84. The van der Waals surface area contributed by atoms with Crippen LogP contribution in [0.2, 0.25) is 4.97 Å². The molecule has 0 spiro atoms. The number of hydrogen-bond acceptors (Lipinski definition) is 4. The van der Waals surface area contributed by atoms with E-state index in [4.69, 9.17) is 0 Å². The van der Waals surface area contributed by atoms with Gasteiger partial charge in [-0.1, -0.05) is 0 Å². The van der Waals surface area contributed by atoms with Gasteiger partial charge in [0.2, 0.25) is 0 Å². The number of carbonyl (C=O) groups excluding carboxylic acids is 2. The molecule has 0 fully saturated rings. The van der Waals surface area contributed by atoms with Crippen molar-refractivity contribution in [1.29, 1.82) is 0 Å². The first kappa shape index (κ1) is 22.0. The zero-order valence-electron chi connectivity index (χ0n) is 10.2. The van der Waals surface area contributed by atoms with E-state index < -0.39 is 58.4 Å². The van der Waals surface area contributed by atoms with E-state index in [-0.39, 0.29) is 0 Å². The first-order valence-electron chi connectivity index (χ1n) is 4.59. The summed E-state index contributed by atoms with van der Waals surface area (Å²) in [5, 5.41) is 0. The summed E-state index contributed by atoms with van der Waals surface area (Å²) in [6.07, 6.45) is -19.0. The second-order valence-corrected chi connectivity index (χ2v) is 10.3. The summed E-state index contributed by atoms with van der Waals surface area (Å²) in [5.41, 5.74) is 0. The zero-order chi connectivity index (χ0) is 19.1. The van der Waals surface area contributed by atoms with Crippen molar-refractivity contribution in [3.05, 3.63) is 0 Å². The van der Waals surface area contributed by atoms with Crippen LogP contribution in [0.15, 0.2) is 0 Å². The Morgan fingerprint density at radius 1 is 0.696 bits per heavy atom.